The molecule has 1 unspecified atom stereocenters. The monoisotopic (exact) mass is 199 g/mol. The fraction of sp³-hybridized carbons (Fsp3) is 0.727. The Kier molecular flexibility index (Phi) is 8.24. The Morgan fingerprint density at radius 1 is 1.43 bits per heavy atom. The van der Waals surface area contributed by atoms with Crippen LogP contribution in [0.1, 0.15) is 39.5 Å². The van der Waals surface area contributed by atoms with Crippen molar-refractivity contribution in [3.05, 3.63) is 12.2 Å². The molecular formula is C11H21NO2. The molecule has 0 saturated heterocycles. The first-order valence-electron chi connectivity index (χ1n) is 5.30. The number of aliphatic hydroxyl groups excluding tert-OH is 1. The predicted molar refractivity (Wildman–Crippen MR) is 58.0 cm³/mol. The zero-order valence-corrected chi connectivity index (χ0v) is 9.12. The Labute approximate surface area is 86.2 Å². The summed E-state index contributed by atoms with van der Waals surface area (Å²) in [4.78, 5) is 11.1. The number of aliphatic hydroxyl groups is 1. The number of nitrogens with one attached hydrogen (secondary N) is 1. The second-order valence-electron chi connectivity index (χ2n) is 3.32. The lowest BCUT2D eigenvalue weighted by atomic mass is 10.2. The van der Waals surface area contributed by atoms with E-state index in [0.717, 1.165) is 19.4 Å². The number of carbonyl (C=O) groups excluding carboxylic acids is 1. The van der Waals surface area contributed by atoms with Crippen molar-refractivity contribution in [2.24, 2.45) is 0 Å². The molecule has 0 aliphatic carbocycles. The summed E-state index contributed by atoms with van der Waals surface area (Å²) >= 11 is 0. The molecule has 0 aromatic heterocycles. The molecule has 0 aliphatic heterocycles. The van der Waals surface area contributed by atoms with Crippen molar-refractivity contribution < 1.29 is 9.90 Å². The van der Waals surface area contributed by atoms with Gasteiger partial charge in [0.15, 0.2) is 0 Å². The first-order valence-corrected chi connectivity index (χ1v) is 5.30. The molecule has 3 nitrogen and oxygen atoms in total. The minimum Gasteiger partial charge on any atom is -0.393 e. The van der Waals surface area contributed by atoms with Gasteiger partial charge in [-0.05, 0) is 19.3 Å². The zero-order chi connectivity index (χ0) is 10.8. The quantitative estimate of drug-likeness (QED) is 0.612. The van der Waals surface area contributed by atoms with Crippen molar-refractivity contribution in [2.45, 2.75) is 45.6 Å². The molecule has 0 aromatic carbocycles. The molecule has 3 heteroatoms. The van der Waals surface area contributed by atoms with Crippen molar-refractivity contribution in [3.63, 3.8) is 0 Å². The number of rotatable bonds is 7. The van der Waals surface area contributed by atoms with Crippen molar-refractivity contribution in [1.82, 2.24) is 5.32 Å². The first kappa shape index (κ1) is 13.2. The lowest BCUT2D eigenvalue weighted by Gasteiger charge is -2.02. The molecular weight excluding hydrogens is 178 g/mol. The highest BCUT2D eigenvalue weighted by Gasteiger charge is 1.97. The van der Waals surface area contributed by atoms with E-state index in [1.54, 1.807) is 0 Å². The van der Waals surface area contributed by atoms with Gasteiger partial charge in [0, 0.05) is 13.0 Å². The summed E-state index contributed by atoms with van der Waals surface area (Å²) < 4.78 is 0. The number of carbonyl (C=O) groups is 1. The fourth-order valence-corrected chi connectivity index (χ4v) is 0.947. The summed E-state index contributed by atoms with van der Waals surface area (Å²) in [5, 5.41) is 12.0. The molecule has 0 bridgehead atoms. The van der Waals surface area contributed by atoms with Gasteiger partial charge in [0.2, 0.25) is 5.91 Å². The van der Waals surface area contributed by atoms with Gasteiger partial charge in [-0.1, -0.05) is 26.0 Å². The Morgan fingerprint density at radius 2 is 2.14 bits per heavy atom. The van der Waals surface area contributed by atoms with Crippen LogP contribution in [0.25, 0.3) is 0 Å². The van der Waals surface area contributed by atoms with Crippen molar-refractivity contribution in [1.29, 1.82) is 0 Å². The molecule has 0 rings (SSSR count). The SMILES string of the molecule is CCCNC(=O)CC=CCC(O)CC. The molecule has 1 atom stereocenters. The van der Waals surface area contributed by atoms with Gasteiger partial charge in [-0.3, -0.25) is 4.79 Å². The van der Waals surface area contributed by atoms with E-state index in [1.165, 1.54) is 0 Å². The van der Waals surface area contributed by atoms with Gasteiger partial charge in [-0.15, -0.1) is 0 Å². The van der Waals surface area contributed by atoms with E-state index >= 15 is 0 Å². The van der Waals surface area contributed by atoms with Crippen LogP contribution in [-0.4, -0.2) is 23.7 Å². The maximum Gasteiger partial charge on any atom is 0.223 e. The molecule has 0 fully saturated rings. The average molecular weight is 199 g/mol. The third kappa shape index (κ3) is 7.80. The molecule has 14 heavy (non-hydrogen) atoms. The van der Waals surface area contributed by atoms with E-state index in [9.17, 15) is 9.90 Å². The standard InChI is InChI=1S/C11H21NO2/c1-3-9-12-11(14)8-6-5-7-10(13)4-2/h5-6,10,13H,3-4,7-9H2,1-2H3,(H,12,14). The summed E-state index contributed by atoms with van der Waals surface area (Å²) in [5.74, 6) is 0.0501. The van der Waals surface area contributed by atoms with Crippen LogP contribution in [0.4, 0.5) is 0 Å². The summed E-state index contributed by atoms with van der Waals surface area (Å²) in [6, 6.07) is 0. The topological polar surface area (TPSA) is 49.3 Å². The van der Waals surface area contributed by atoms with Crippen LogP contribution in [0.3, 0.4) is 0 Å². The smallest absolute Gasteiger partial charge is 0.223 e. The van der Waals surface area contributed by atoms with Crippen molar-refractivity contribution in [3.8, 4) is 0 Å². The second kappa shape index (κ2) is 8.75. The average Bonchev–Trinajstić information content (AvgIpc) is 2.21. The molecule has 0 heterocycles. The molecule has 0 saturated carbocycles. The largest absolute Gasteiger partial charge is 0.393 e. The molecule has 0 aliphatic rings. The van der Waals surface area contributed by atoms with E-state index < -0.39 is 0 Å². The van der Waals surface area contributed by atoms with Gasteiger partial charge in [-0.25, -0.2) is 0 Å². The summed E-state index contributed by atoms with van der Waals surface area (Å²) in [6.45, 7) is 4.70. The van der Waals surface area contributed by atoms with Gasteiger partial charge in [0.1, 0.15) is 0 Å². The number of amides is 1. The van der Waals surface area contributed by atoms with Crippen molar-refractivity contribution in [2.75, 3.05) is 6.54 Å². The molecule has 0 radical (unpaired) electrons. The highest BCUT2D eigenvalue weighted by atomic mass is 16.3. The molecule has 2 N–H and O–H groups in total. The third-order valence-corrected chi connectivity index (χ3v) is 1.92. The predicted octanol–water partition coefficient (Wildman–Crippen LogP) is 1.62. The Bertz CT molecular complexity index is 178. The minimum absolute atomic E-state index is 0.0501. The summed E-state index contributed by atoms with van der Waals surface area (Å²) in [7, 11) is 0. The number of hydrogen-bond acceptors (Lipinski definition) is 2. The lowest BCUT2D eigenvalue weighted by Crippen LogP contribution is -2.22. The fourth-order valence-electron chi connectivity index (χ4n) is 0.947. The van der Waals surface area contributed by atoms with Gasteiger partial charge in [-0.2, -0.15) is 0 Å². The van der Waals surface area contributed by atoms with Crippen LogP contribution in [0.15, 0.2) is 12.2 Å². The van der Waals surface area contributed by atoms with Gasteiger partial charge in [0.25, 0.3) is 0 Å². The normalized spacial score (nSPS) is 13.1. The maximum atomic E-state index is 11.1. The molecule has 82 valence electrons. The zero-order valence-electron chi connectivity index (χ0n) is 9.12. The van der Waals surface area contributed by atoms with E-state index in [-0.39, 0.29) is 12.0 Å². The van der Waals surface area contributed by atoms with E-state index in [2.05, 4.69) is 5.32 Å². The second-order valence-corrected chi connectivity index (χ2v) is 3.32. The number of hydrogen-bond donors (Lipinski definition) is 2. The molecule has 0 aromatic rings. The van der Waals surface area contributed by atoms with Gasteiger partial charge in [0.05, 0.1) is 6.10 Å². The van der Waals surface area contributed by atoms with Crippen LogP contribution in [0, 0.1) is 0 Å². The van der Waals surface area contributed by atoms with Crippen LogP contribution in [0.5, 0.6) is 0 Å². The van der Waals surface area contributed by atoms with Crippen LogP contribution in [0.2, 0.25) is 0 Å². The Hall–Kier alpha value is -0.830. The van der Waals surface area contributed by atoms with E-state index in [1.807, 2.05) is 26.0 Å². The highest BCUT2D eigenvalue weighted by Crippen LogP contribution is 1.98. The van der Waals surface area contributed by atoms with Crippen LogP contribution in [-0.2, 0) is 4.79 Å². The van der Waals surface area contributed by atoms with Crippen LogP contribution < -0.4 is 5.32 Å². The van der Waals surface area contributed by atoms with Gasteiger partial charge >= 0.3 is 0 Å². The van der Waals surface area contributed by atoms with Gasteiger partial charge < -0.3 is 10.4 Å². The van der Waals surface area contributed by atoms with E-state index in [4.69, 9.17) is 0 Å². The maximum absolute atomic E-state index is 11.1. The third-order valence-electron chi connectivity index (χ3n) is 1.92. The highest BCUT2D eigenvalue weighted by molar-refractivity contribution is 5.77. The van der Waals surface area contributed by atoms with E-state index in [0.29, 0.717) is 12.8 Å². The minimum atomic E-state index is -0.273. The lowest BCUT2D eigenvalue weighted by molar-refractivity contribution is -0.120. The first-order chi connectivity index (χ1) is 6.70. The Balaban J connectivity index is 3.46. The van der Waals surface area contributed by atoms with Crippen molar-refractivity contribution >= 4 is 5.91 Å². The Morgan fingerprint density at radius 3 is 2.71 bits per heavy atom. The molecule has 0 spiro atoms. The van der Waals surface area contributed by atoms with Crippen LogP contribution >= 0.6 is 0 Å². The summed E-state index contributed by atoms with van der Waals surface area (Å²) in [6.07, 6.45) is 6.17. The molecule has 1 amide bonds. The summed E-state index contributed by atoms with van der Waals surface area (Å²) in [5.41, 5.74) is 0.